The molecule has 0 unspecified atom stereocenters. The molecule has 0 bridgehead atoms. The zero-order chi connectivity index (χ0) is 17.5. The van der Waals surface area contributed by atoms with E-state index in [1.165, 1.54) is 0 Å². The van der Waals surface area contributed by atoms with Crippen LogP contribution in [0.3, 0.4) is 0 Å². The number of rotatable bonds is 4. The quantitative estimate of drug-likeness (QED) is 0.824. The number of nitrogens with one attached hydrogen (secondary N) is 2. The van der Waals surface area contributed by atoms with Gasteiger partial charge >= 0.3 is 12.0 Å². The Morgan fingerprint density at radius 2 is 1.67 bits per heavy atom. The molecule has 24 heavy (non-hydrogen) atoms. The van der Waals surface area contributed by atoms with Gasteiger partial charge in [-0.15, -0.1) is 0 Å². The molecule has 0 atom stereocenters. The number of carbonyl (C=O) groups excluding carboxylic acids is 3. The summed E-state index contributed by atoms with van der Waals surface area (Å²) in [6, 6.07) is 1.57. The van der Waals surface area contributed by atoms with Crippen molar-refractivity contribution in [2.45, 2.75) is 38.1 Å². The van der Waals surface area contributed by atoms with Gasteiger partial charge in [0.15, 0.2) is 6.61 Å². The number of hydrogen-bond donors (Lipinski definition) is 2. The lowest BCUT2D eigenvalue weighted by molar-refractivity contribution is -0.123. The second kappa shape index (κ2) is 8.37. The first-order chi connectivity index (χ1) is 11.4. The summed E-state index contributed by atoms with van der Waals surface area (Å²) in [5.41, 5.74) is -0.355. The Balaban J connectivity index is 1.75. The minimum atomic E-state index is -1.06. The fraction of sp³-hybridized carbons (Fsp3) is 0.438. The summed E-state index contributed by atoms with van der Waals surface area (Å²) in [5.74, 6) is -3.75. The molecule has 0 heterocycles. The van der Waals surface area contributed by atoms with Crippen molar-refractivity contribution in [1.82, 2.24) is 10.6 Å². The van der Waals surface area contributed by atoms with Gasteiger partial charge in [-0.05, 0) is 25.0 Å². The van der Waals surface area contributed by atoms with Gasteiger partial charge in [-0.1, -0.05) is 19.3 Å². The van der Waals surface area contributed by atoms with Crippen molar-refractivity contribution in [1.29, 1.82) is 0 Å². The third kappa shape index (κ3) is 5.60. The van der Waals surface area contributed by atoms with Gasteiger partial charge in [-0.2, -0.15) is 0 Å². The van der Waals surface area contributed by atoms with Crippen LogP contribution in [0.25, 0.3) is 0 Å². The Kier molecular flexibility index (Phi) is 6.22. The number of esters is 1. The van der Waals surface area contributed by atoms with Crippen LogP contribution in [-0.4, -0.2) is 30.6 Å². The first-order valence-corrected chi connectivity index (χ1v) is 7.67. The summed E-state index contributed by atoms with van der Waals surface area (Å²) in [4.78, 5) is 34.8. The smallest absolute Gasteiger partial charge is 0.338 e. The molecule has 0 spiro atoms. The van der Waals surface area contributed by atoms with Crippen molar-refractivity contribution in [2.75, 3.05) is 6.61 Å². The Labute approximate surface area is 137 Å². The number of halogens is 2. The number of hydrogen-bond acceptors (Lipinski definition) is 4. The topological polar surface area (TPSA) is 84.5 Å². The zero-order valence-electron chi connectivity index (χ0n) is 12.9. The molecule has 6 nitrogen and oxygen atoms in total. The molecule has 2 rings (SSSR count). The maximum atomic E-state index is 13.0. The SMILES string of the molecule is O=C(COC(=O)c1cc(F)cc(F)c1)NC(=O)NC1CCCCC1. The van der Waals surface area contributed by atoms with E-state index in [0.717, 1.165) is 44.2 Å². The van der Waals surface area contributed by atoms with Gasteiger partial charge in [0, 0.05) is 12.1 Å². The molecule has 0 aromatic heterocycles. The highest BCUT2D eigenvalue weighted by atomic mass is 19.1. The number of amides is 3. The lowest BCUT2D eigenvalue weighted by atomic mass is 9.96. The van der Waals surface area contributed by atoms with Crippen molar-refractivity contribution in [2.24, 2.45) is 0 Å². The van der Waals surface area contributed by atoms with Gasteiger partial charge in [0.2, 0.25) is 0 Å². The van der Waals surface area contributed by atoms with Crippen LogP contribution in [0.2, 0.25) is 0 Å². The van der Waals surface area contributed by atoms with Crippen LogP contribution >= 0.6 is 0 Å². The Bertz CT molecular complexity index is 610. The molecule has 8 heteroatoms. The van der Waals surface area contributed by atoms with E-state index in [2.05, 4.69) is 10.1 Å². The van der Waals surface area contributed by atoms with Crippen molar-refractivity contribution in [3.05, 3.63) is 35.4 Å². The van der Waals surface area contributed by atoms with E-state index in [-0.39, 0.29) is 11.6 Å². The predicted octanol–water partition coefficient (Wildman–Crippen LogP) is 2.28. The lowest BCUT2D eigenvalue weighted by Gasteiger charge is -2.22. The van der Waals surface area contributed by atoms with Crippen LogP contribution in [0.15, 0.2) is 18.2 Å². The van der Waals surface area contributed by atoms with Gasteiger partial charge in [-0.25, -0.2) is 18.4 Å². The fourth-order valence-electron chi connectivity index (χ4n) is 2.52. The van der Waals surface area contributed by atoms with E-state index >= 15 is 0 Å². The number of carbonyl (C=O) groups is 3. The maximum absolute atomic E-state index is 13.0. The van der Waals surface area contributed by atoms with E-state index in [1.807, 2.05) is 5.32 Å². The van der Waals surface area contributed by atoms with Crippen LogP contribution in [0.5, 0.6) is 0 Å². The summed E-state index contributed by atoms with van der Waals surface area (Å²) in [6.45, 7) is -0.727. The second-order valence-corrected chi connectivity index (χ2v) is 5.59. The molecule has 1 fully saturated rings. The molecule has 2 N–H and O–H groups in total. The predicted molar refractivity (Wildman–Crippen MR) is 80.2 cm³/mol. The second-order valence-electron chi connectivity index (χ2n) is 5.59. The highest BCUT2D eigenvalue weighted by Gasteiger charge is 2.18. The van der Waals surface area contributed by atoms with Gasteiger partial charge in [0.1, 0.15) is 11.6 Å². The molecule has 0 saturated heterocycles. The summed E-state index contributed by atoms with van der Waals surface area (Å²) >= 11 is 0. The summed E-state index contributed by atoms with van der Waals surface area (Å²) < 4.78 is 30.6. The standard InChI is InChI=1S/C16H18F2N2O4/c17-11-6-10(7-12(18)8-11)15(22)24-9-14(21)20-16(23)19-13-4-2-1-3-5-13/h6-8,13H,1-5,9H2,(H2,19,20,21,23). The summed E-state index contributed by atoms with van der Waals surface area (Å²) in [7, 11) is 0. The molecule has 0 radical (unpaired) electrons. The summed E-state index contributed by atoms with van der Waals surface area (Å²) in [5, 5.41) is 4.72. The summed E-state index contributed by atoms with van der Waals surface area (Å²) in [6.07, 6.45) is 4.92. The molecule has 1 aromatic carbocycles. The highest BCUT2D eigenvalue weighted by Crippen LogP contribution is 2.17. The minimum Gasteiger partial charge on any atom is -0.452 e. The zero-order valence-corrected chi connectivity index (χ0v) is 12.9. The van der Waals surface area contributed by atoms with Gasteiger partial charge < -0.3 is 10.1 Å². The van der Waals surface area contributed by atoms with Crippen LogP contribution in [-0.2, 0) is 9.53 Å². The van der Waals surface area contributed by atoms with E-state index in [1.54, 1.807) is 0 Å². The Hall–Kier alpha value is -2.51. The molecule has 1 aromatic rings. The van der Waals surface area contributed by atoms with Crippen molar-refractivity contribution in [3.63, 3.8) is 0 Å². The third-order valence-electron chi connectivity index (χ3n) is 3.63. The molecular formula is C16H18F2N2O4. The first-order valence-electron chi connectivity index (χ1n) is 7.67. The molecule has 1 saturated carbocycles. The molecule has 1 aliphatic carbocycles. The monoisotopic (exact) mass is 340 g/mol. The average Bonchev–Trinajstić information content (AvgIpc) is 2.52. The largest absolute Gasteiger partial charge is 0.452 e. The number of benzene rings is 1. The van der Waals surface area contributed by atoms with Crippen molar-refractivity contribution < 1.29 is 27.9 Å². The molecule has 0 aliphatic heterocycles. The van der Waals surface area contributed by atoms with Crippen molar-refractivity contribution >= 4 is 17.9 Å². The van der Waals surface area contributed by atoms with E-state index in [0.29, 0.717) is 6.07 Å². The van der Waals surface area contributed by atoms with Gasteiger partial charge in [-0.3, -0.25) is 10.1 Å². The molecular weight excluding hydrogens is 322 g/mol. The van der Waals surface area contributed by atoms with Gasteiger partial charge in [0.05, 0.1) is 5.56 Å². The first kappa shape index (κ1) is 17.8. The number of urea groups is 1. The number of ether oxygens (including phenoxy) is 1. The molecule has 130 valence electrons. The Morgan fingerprint density at radius 3 is 2.29 bits per heavy atom. The van der Waals surface area contributed by atoms with Crippen LogP contribution in [0, 0.1) is 11.6 Å². The highest BCUT2D eigenvalue weighted by molar-refractivity contribution is 5.97. The van der Waals surface area contributed by atoms with Gasteiger partial charge in [0.25, 0.3) is 5.91 Å². The van der Waals surface area contributed by atoms with E-state index in [9.17, 15) is 23.2 Å². The van der Waals surface area contributed by atoms with E-state index < -0.39 is 36.1 Å². The minimum absolute atomic E-state index is 0.0318. The lowest BCUT2D eigenvalue weighted by Crippen LogP contribution is -2.46. The van der Waals surface area contributed by atoms with E-state index in [4.69, 9.17) is 0 Å². The average molecular weight is 340 g/mol. The third-order valence-corrected chi connectivity index (χ3v) is 3.63. The number of imide groups is 1. The molecule has 3 amide bonds. The molecule has 1 aliphatic rings. The Morgan fingerprint density at radius 1 is 1.04 bits per heavy atom. The fourth-order valence-corrected chi connectivity index (χ4v) is 2.52. The normalized spacial score (nSPS) is 14.8. The maximum Gasteiger partial charge on any atom is 0.338 e. The van der Waals surface area contributed by atoms with Crippen LogP contribution in [0.1, 0.15) is 42.5 Å². The van der Waals surface area contributed by atoms with Crippen LogP contribution in [0.4, 0.5) is 13.6 Å². The van der Waals surface area contributed by atoms with Crippen LogP contribution < -0.4 is 10.6 Å². The van der Waals surface area contributed by atoms with Crippen molar-refractivity contribution in [3.8, 4) is 0 Å².